The van der Waals surface area contributed by atoms with Crippen LogP contribution in [0.4, 0.5) is 11.6 Å². The van der Waals surface area contributed by atoms with E-state index in [4.69, 9.17) is 4.74 Å². The predicted octanol–water partition coefficient (Wildman–Crippen LogP) is 2.58. The average molecular weight is 553 g/mol. The molecule has 0 unspecified atom stereocenters. The summed E-state index contributed by atoms with van der Waals surface area (Å²) in [5, 5.41) is 3.20. The Morgan fingerprint density at radius 3 is 2.15 bits per heavy atom. The Kier molecular flexibility index (Phi) is 9.16. The van der Waals surface area contributed by atoms with Crippen LogP contribution in [-0.4, -0.2) is 68.7 Å². The Hall–Kier alpha value is -3.54. The first-order chi connectivity index (χ1) is 18.6. The summed E-state index contributed by atoms with van der Waals surface area (Å²) in [6.45, 7) is 9.21. The van der Waals surface area contributed by atoms with Crippen molar-refractivity contribution in [2.45, 2.75) is 43.9 Å². The third kappa shape index (κ3) is 8.22. The molecule has 1 atom stereocenters. The standard InChI is InChI=1S/C28H36N6O4S/c1-28(2,3)38-26(35)25(32-39(36,37)24-8-5-4-6-9-24)21-29-20-22-10-12-23(13-11-22)33-16-18-34(19-17-33)27-30-14-7-15-31-27/h4-15,25,29,32H,16-21H2,1-3H3/t25-/m0/s1. The van der Waals surface area contributed by atoms with Crippen LogP contribution in [0.25, 0.3) is 0 Å². The Bertz CT molecular complexity index is 1310. The predicted molar refractivity (Wildman–Crippen MR) is 151 cm³/mol. The summed E-state index contributed by atoms with van der Waals surface area (Å²) in [5.41, 5.74) is 1.40. The molecule has 1 fully saturated rings. The summed E-state index contributed by atoms with van der Waals surface area (Å²) >= 11 is 0. The molecule has 208 valence electrons. The molecule has 2 N–H and O–H groups in total. The first-order valence-corrected chi connectivity index (χ1v) is 14.5. The molecule has 4 rings (SSSR count). The largest absolute Gasteiger partial charge is 0.459 e. The summed E-state index contributed by atoms with van der Waals surface area (Å²) in [4.78, 5) is 26.1. The third-order valence-electron chi connectivity index (χ3n) is 6.14. The highest BCUT2D eigenvalue weighted by Gasteiger charge is 2.29. The van der Waals surface area contributed by atoms with Gasteiger partial charge in [-0.2, -0.15) is 4.72 Å². The van der Waals surface area contributed by atoms with Crippen LogP contribution in [0.2, 0.25) is 0 Å². The molecule has 0 aliphatic carbocycles. The van der Waals surface area contributed by atoms with Crippen LogP contribution in [0.15, 0.2) is 78.0 Å². The third-order valence-corrected chi connectivity index (χ3v) is 7.62. The summed E-state index contributed by atoms with van der Waals surface area (Å²) in [6.07, 6.45) is 3.52. The van der Waals surface area contributed by atoms with Crippen LogP contribution in [0.3, 0.4) is 0 Å². The second-order valence-electron chi connectivity index (χ2n) is 10.3. The number of nitrogens with one attached hydrogen (secondary N) is 2. The smallest absolute Gasteiger partial charge is 0.326 e. The fraction of sp³-hybridized carbons (Fsp3) is 0.393. The number of benzene rings is 2. The Morgan fingerprint density at radius 2 is 1.54 bits per heavy atom. The van der Waals surface area contributed by atoms with Crippen molar-refractivity contribution in [3.63, 3.8) is 0 Å². The zero-order chi connectivity index (χ0) is 27.9. The van der Waals surface area contributed by atoms with Crippen molar-refractivity contribution in [1.29, 1.82) is 0 Å². The molecule has 11 heteroatoms. The number of carbonyl (C=O) groups excluding carboxylic acids is 1. The summed E-state index contributed by atoms with van der Waals surface area (Å²) in [7, 11) is -3.90. The molecule has 1 saturated heterocycles. The van der Waals surface area contributed by atoms with Gasteiger partial charge in [-0.15, -0.1) is 0 Å². The average Bonchev–Trinajstić information content (AvgIpc) is 2.93. The number of rotatable bonds is 10. The number of nitrogens with zero attached hydrogens (tertiary/aromatic N) is 4. The van der Waals surface area contributed by atoms with E-state index in [9.17, 15) is 13.2 Å². The lowest BCUT2D eigenvalue weighted by Gasteiger charge is -2.36. The maximum Gasteiger partial charge on any atom is 0.326 e. The van der Waals surface area contributed by atoms with Crippen molar-refractivity contribution in [3.05, 3.63) is 78.6 Å². The van der Waals surface area contributed by atoms with E-state index in [-0.39, 0.29) is 11.4 Å². The van der Waals surface area contributed by atoms with Gasteiger partial charge < -0.3 is 19.9 Å². The maximum atomic E-state index is 12.9. The van der Waals surface area contributed by atoms with Gasteiger partial charge in [-0.25, -0.2) is 18.4 Å². The lowest BCUT2D eigenvalue weighted by molar-refractivity contribution is -0.156. The van der Waals surface area contributed by atoms with E-state index in [0.29, 0.717) is 6.54 Å². The van der Waals surface area contributed by atoms with E-state index < -0.39 is 27.6 Å². The molecule has 0 spiro atoms. The van der Waals surface area contributed by atoms with Gasteiger partial charge in [0.15, 0.2) is 0 Å². The van der Waals surface area contributed by atoms with E-state index in [1.54, 1.807) is 51.4 Å². The summed E-state index contributed by atoms with van der Waals surface area (Å²) in [6, 6.07) is 16.9. The van der Waals surface area contributed by atoms with Crippen molar-refractivity contribution in [2.24, 2.45) is 0 Å². The summed E-state index contributed by atoms with van der Waals surface area (Å²) < 4.78 is 33.7. The monoisotopic (exact) mass is 552 g/mol. The van der Waals surface area contributed by atoms with Crippen LogP contribution in [0.5, 0.6) is 0 Å². The van der Waals surface area contributed by atoms with Gasteiger partial charge in [0.2, 0.25) is 16.0 Å². The van der Waals surface area contributed by atoms with E-state index in [0.717, 1.165) is 43.4 Å². The van der Waals surface area contributed by atoms with Gasteiger partial charge in [-0.05, 0) is 56.7 Å². The van der Waals surface area contributed by atoms with Gasteiger partial charge >= 0.3 is 5.97 Å². The molecule has 1 aliphatic rings. The number of piperazine rings is 1. The molecular formula is C28H36N6O4S. The van der Waals surface area contributed by atoms with Gasteiger partial charge in [0.1, 0.15) is 11.6 Å². The van der Waals surface area contributed by atoms with E-state index in [1.807, 2.05) is 18.2 Å². The second-order valence-corrected chi connectivity index (χ2v) is 12.1. The molecule has 0 bridgehead atoms. The Balaban J connectivity index is 1.32. The zero-order valence-corrected chi connectivity index (χ0v) is 23.4. The number of aromatic nitrogens is 2. The van der Waals surface area contributed by atoms with Crippen LogP contribution in [0, 0.1) is 0 Å². The van der Waals surface area contributed by atoms with Crippen molar-refractivity contribution in [1.82, 2.24) is 20.0 Å². The molecule has 2 aromatic carbocycles. The number of carbonyl (C=O) groups is 1. The number of anilines is 2. The number of ether oxygens (including phenoxy) is 1. The summed E-state index contributed by atoms with van der Waals surface area (Å²) in [5.74, 6) is 0.124. The lowest BCUT2D eigenvalue weighted by atomic mass is 10.1. The molecule has 39 heavy (non-hydrogen) atoms. The van der Waals surface area contributed by atoms with Gasteiger partial charge in [-0.1, -0.05) is 30.3 Å². The molecule has 2 heterocycles. The second kappa shape index (κ2) is 12.5. The van der Waals surface area contributed by atoms with Crippen molar-refractivity contribution < 1.29 is 17.9 Å². The topological polar surface area (TPSA) is 117 Å². The first-order valence-electron chi connectivity index (χ1n) is 13.0. The van der Waals surface area contributed by atoms with Crippen molar-refractivity contribution in [3.8, 4) is 0 Å². The van der Waals surface area contributed by atoms with Crippen LogP contribution < -0.4 is 19.8 Å². The van der Waals surface area contributed by atoms with Crippen LogP contribution >= 0.6 is 0 Å². The fourth-order valence-corrected chi connectivity index (χ4v) is 5.41. The van der Waals surface area contributed by atoms with Crippen LogP contribution in [0.1, 0.15) is 26.3 Å². The Labute approximate surface area is 230 Å². The van der Waals surface area contributed by atoms with E-state index in [1.165, 1.54) is 12.1 Å². The first kappa shape index (κ1) is 28.5. The highest BCUT2D eigenvalue weighted by molar-refractivity contribution is 7.89. The Morgan fingerprint density at radius 1 is 0.923 bits per heavy atom. The molecule has 1 aromatic heterocycles. The molecule has 0 radical (unpaired) electrons. The minimum atomic E-state index is -3.90. The molecule has 3 aromatic rings. The van der Waals surface area contributed by atoms with Gasteiger partial charge in [0.25, 0.3) is 0 Å². The molecule has 0 saturated carbocycles. The number of hydrogen-bond donors (Lipinski definition) is 2. The minimum Gasteiger partial charge on any atom is -0.459 e. The molecule has 1 aliphatic heterocycles. The number of esters is 1. The van der Waals surface area contributed by atoms with Crippen molar-refractivity contribution in [2.75, 3.05) is 42.5 Å². The highest BCUT2D eigenvalue weighted by Crippen LogP contribution is 2.19. The van der Waals surface area contributed by atoms with Gasteiger partial charge in [0, 0.05) is 57.3 Å². The van der Waals surface area contributed by atoms with E-state index >= 15 is 0 Å². The quantitative estimate of drug-likeness (QED) is 0.366. The molecule has 10 nitrogen and oxygen atoms in total. The van der Waals surface area contributed by atoms with E-state index in [2.05, 4.69) is 41.9 Å². The van der Waals surface area contributed by atoms with Crippen LogP contribution in [-0.2, 0) is 26.1 Å². The lowest BCUT2D eigenvalue weighted by Crippen LogP contribution is -2.49. The maximum absolute atomic E-state index is 12.9. The van der Waals surface area contributed by atoms with Gasteiger partial charge in [-0.3, -0.25) is 4.79 Å². The molecular weight excluding hydrogens is 516 g/mol. The normalized spacial score (nSPS) is 15.2. The molecule has 0 amide bonds. The fourth-order valence-electron chi connectivity index (χ4n) is 4.21. The highest BCUT2D eigenvalue weighted by atomic mass is 32.2. The number of sulfonamides is 1. The minimum absolute atomic E-state index is 0.0756. The van der Waals surface area contributed by atoms with Gasteiger partial charge in [0.05, 0.1) is 4.90 Å². The number of hydrogen-bond acceptors (Lipinski definition) is 9. The van der Waals surface area contributed by atoms with Crippen molar-refractivity contribution >= 4 is 27.6 Å². The zero-order valence-electron chi connectivity index (χ0n) is 22.6. The SMILES string of the molecule is CC(C)(C)OC(=O)[C@H](CNCc1ccc(N2CCN(c3ncccn3)CC2)cc1)NS(=O)(=O)c1ccccc1.